The SMILES string of the molecule is C[C@H](C1CCCCC1)N(C)C(=O)c1ccc(NC(=O)c2ccccc2Cl)cc1. The van der Waals surface area contributed by atoms with Gasteiger partial charge >= 0.3 is 0 Å². The average Bonchev–Trinajstić information content (AvgIpc) is 2.73. The summed E-state index contributed by atoms with van der Waals surface area (Å²) in [6, 6.07) is 14.2. The molecule has 0 saturated heterocycles. The van der Waals surface area contributed by atoms with E-state index in [2.05, 4.69) is 12.2 Å². The Kier molecular flexibility index (Phi) is 6.74. The van der Waals surface area contributed by atoms with Gasteiger partial charge in [0.05, 0.1) is 10.6 Å². The third kappa shape index (κ3) is 4.74. The Hall–Kier alpha value is -2.33. The molecule has 2 aromatic rings. The van der Waals surface area contributed by atoms with Crippen molar-refractivity contribution in [1.82, 2.24) is 4.90 Å². The van der Waals surface area contributed by atoms with Crippen molar-refractivity contribution in [3.8, 4) is 0 Å². The minimum atomic E-state index is -0.271. The number of hydrogen-bond donors (Lipinski definition) is 1. The molecule has 1 aliphatic rings. The molecule has 0 heterocycles. The van der Waals surface area contributed by atoms with E-state index in [0.29, 0.717) is 27.8 Å². The van der Waals surface area contributed by atoms with Gasteiger partial charge in [-0.3, -0.25) is 9.59 Å². The summed E-state index contributed by atoms with van der Waals surface area (Å²) in [4.78, 5) is 27.1. The highest BCUT2D eigenvalue weighted by atomic mass is 35.5. The second-order valence-electron chi connectivity index (χ2n) is 7.57. The molecule has 0 aliphatic heterocycles. The Labute approximate surface area is 171 Å². The molecule has 4 nitrogen and oxygen atoms in total. The van der Waals surface area contributed by atoms with E-state index in [1.165, 1.54) is 32.1 Å². The van der Waals surface area contributed by atoms with Crippen LogP contribution in [0, 0.1) is 5.92 Å². The van der Waals surface area contributed by atoms with Gasteiger partial charge in [0.2, 0.25) is 0 Å². The smallest absolute Gasteiger partial charge is 0.257 e. The summed E-state index contributed by atoms with van der Waals surface area (Å²) in [5.41, 5.74) is 1.68. The van der Waals surface area contributed by atoms with Crippen molar-refractivity contribution in [2.24, 2.45) is 5.92 Å². The number of benzene rings is 2. The van der Waals surface area contributed by atoms with Crippen molar-refractivity contribution in [3.63, 3.8) is 0 Å². The van der Waals surface area contributed by atoms with Gasteiger partial charge < -0.3 is 10.2 Å². The first-order chi connectivity index (χ1) is 13.5. The minimum absolute atomic E-state index is 0.0158. The van der Waals surface area contributed by atoms with E-state index in [4.69, 9.17) is 11.6 Å². The van der Waals surface area contributed by atoms with Crippen molar-refractivity contribution in [2.45, 2.75) is 45.1 Å². The first-order valence-electron chi connectivity index (χ1n) is 9.90. The molecule has 0 radical (unpaired) electrons. The third-order valence-electron chi connectivity index (χ3n) is 5.77. The number of rotatable bonds is 5. The van der Waals surface area contributed by atoms with Crippen molar-refractivity contribution >= 4 is 29.1 Å². The summed E-state index contributed by atoms with van der Waals surface area (Å²) in [6.07, 6.45) is 6.23. The van der Waals surface area contributed by atoms with Crippen molar-refractivity contribution in [3.05, 3.63) is 64.7 Å². The standard InChI is InChI=1S/C23H27ClN2O2/c1-16(17-8-4-3-5-9-17)26(2)23(28)18-12-14-19(15-13-18)25-22(27)20-10-6-7-11-21(20)24/h6-7,10-17H,3-5,8-9H2,1-2H3,(H,25,27)/t16-/m1/s1. The average molecular weight is 399 g/mol. The number of amides is 2. The van der Waals surface area contributed by atoms with Crippen LogP contribution in [0.2, 0.25) is 5.02 Å². The molecule has 1 saturated carbocycles. The highest BCUT2D eigenvalue weighted by Gasteiger charge is 2.26. The Balaban J connectivity index is 1.64. The predicted molar refractivity (Wildman–Crippen MR) is 114 cm³/mol. The lowest BCUT2D eigenvalue weighted by Gasteiger charge is -2.34. The molecule has 1 fully saturated rings. The van der Waals surface area contributed by atoms with Crippen LogP contribution in [-0.4, -0.2) is 29.8 Å². The lowest BCUT2D eigenvalue weighted by Crippen LogP contribution is -2.40. The molecule has 0 bridgehead atoms. The number of anilines is 1. The fourth-order valence-corrected chi connectivity index (χ4v) is 4.08. The van der Waals surface area contributed by atoms with Crippen LogP contribution >= 0.6 is 11.6 Å². The second-order valence-corrected chi connectivity index (χ2v) is 7.97. The molecule has 5 heteroatoms. The van der Waals surface area contributed by atoms with Gasteiger partial charge in [-0.1, -0.05) is 43.0 Å². The Morgan fingerprint density at radius 2 is 1.68 bits per heavy atom. The van der Waals surface area contributed by atoms with Crippen molar-refractivity contribution in [2.75, 3.05) is 12.4 Å². The van der Waals surface area contributed by atoms with Gasteiger partial charge in [-0.2, -0.15) is 0 Å². The van der Waals surface area contributed by atoms with E-state index >= 15 is 0 Å². The first-order valence-corrected chi connectivity index (χ1v) is 10.3. The van der Waals surface area contributed by atoms with Crippen LogP contribution in [0.3, 0.4) is 0 Å². The molecule has 2 aromatic carbocycles. The first kappa shape index (κ1) is 20.4. The molecule has 0 spiro atoms. The van der Waals surface area contributed by atoms with Gasteiger partial charge in [-0.25, -0.2) is 0 Å². The molecule has 0 unspecified atom stereocenters. The van der Waals surface area contributed by atoms with Gasteiger partial charge in [0, 0.05) is 24.3 Å². The lowest BCUT2D eigenvalue weighted by atomic mass is 9.84. The highest BCUT2D eigenvalue weighted by Crippen LogP contribution is 2.29. The van der Waals surface area contributed by atoms with Crippen molar-refractivity contribution in [1.29, 1.82) is 0 Å². The van der Waals surface area contributed by atoms with Gasteiger partial charge in [0.15, 0.2) is 0 Å². The number of carbonyl (C=O) groups is 2. The van der Waals surface area contributed by atoms with Crippen molar-refractivity contribution < 1.29 is 9.59 Å². The third-order valence-corrected chi connectivity index (χ3v) is 6.10. The summed E-state index contributed by atoms with van der Waals surface area (Å²) in [6.45, 7) is 2.14. The Morgan fingerprint density at radius 1 is 1.04 bits per heavy atom. The molecule has 28 heavy (non-hydrogen) atoms. The quantitative estimate of drug-likeness (QED) is 0.709. The monoisotopic (exact) mass is 398 g/mol. The zero-order valence-corrected chi connectivity index (χ0v) is 17.2. The van der Waals surface area contributed by atoms with Crippen LogP contribution in [0.15, 0.2) is 48.5 Å². The zero-order valence-electron chi connectivity index (χ0n) is 16.5. The Morgan fingerprint density at radius 3 is 2.32 bits per heavy atom. The van der Waals surface area contributed by atoms with E-state index in [-0.39, 0.29) is 17.9 Å². The van der Waals surface area contributed by atoms with E-state index in [1.54, 1.807) is 48.5 Å². The predicted octanol–water partition coefficient (Wildman–Crippen LogP) is 5.63. The topological polar surface area (TPSA) is 49.4 Å². The van der Waals surface area contributed by atoms with Crippen LogP contribution in [0.4, 0.5) is 5.69 Å². The van der Waals surface area contributed by atoms with Crippen LogP contribution in [0.1, 0.15) is 59.7 Å². The summed E-state index contributed by atoms with van der Waals surface area (Å²) in [7, 11) is 1.88. The molecule has 1 N–H and O–H groups in total. The maximum Gasteiger partial charge on any atom is 0.257 e. The normalized spacial score (nSPS) is 15.7. The largest absolute Gasteiger partial charge is 0.339 e. The molecule has 2 amide bonds. The maximum atomic E-state index is 12.8. The van der Waals surface area contributed by atoms with Gasteiger partial charge in [-0.05, 0) is 62.1 Å². The van der Waals surface area contributed by atoms with E-state index in [0.717, 1.165) is 0 Å². The van der Waals surface area contributed by atoms with E-state index in [9.17, 15) is 9.59 Å². The number of carbonyl (C=O) groups excluding carboxylic acids is 2. The van der Waals surface area contributed by atoms with Crippen LogP contribution in [-0.2, 0) is 0 Å². The van der Waals surface area contributed by atoms with E-state index < -0.39 is 0 Å². The molecule has 148 valence electrons. The molecule has 1 atom stereocenters. The number of nitrogens with zero attached hydrogens (tertiary/aromatic N) is 1. The summed E-state index contributed by atoms with van der Waals surface area (Å²) in [5.74, 6) is 0.326. The Bertz CT molecular complexity index is 829. The molecular weight excluding hydrogens is 372 g/mol. The molecule has 0 aromatic heterocycles. The minimum Gasteiger partial charge on any atom is -0.339 e. The van der Waals surface area contributed by atoms with Gasteiger partial charge in [-0.15, -0.1) is 0 Å². The fourth-order valence-electron chi connectivity index (χ4n) is 3.86. The number of hydrogen-bond acceptors (Lipinski definition) is 2. The van der Waals surface area contributed by atoms with Gasteiger partial charge in [0.25, 0.3) is 11.8 Å². The van der Waals surface area contributed by atoms with Crippen LogP contribution in [0.25, 0.3) is 0 Å². The fraction of sp³-hybridized carbons (Fsp3) is 0.391. The summed E-state index contributed by atoms with van der Waals surface area (Å²) in [5, 5.41) is 3.23. The maximum absolute atomic E-state index is 12.8. The highest BCUT2D eigenvalue weighted by molar-refractivity contribution is 6.34. The summed E-state index contributed by atoms with van der Waals surface area (Å²) < 4.78 is 0. The van der Waals surface area contributed by atoms with E-state index in [1.807, 2.05) is 11.9 Å². The number of nitrogens with one attached hydrogen (secondary N) is 1. The molecule has 3 rings (SSSR count). The zero-order chi connectivity index (χ0) is 20.1. The lowest BCUT2D eigenvalue weighted by molar-refractivity contribution is 0.0665. The van der Waals surface area contributed by atoms with Gasteiger partial charge in [0.1, 0.15) is 0 Å². The second kappa shape index (κ2) is 9.24. The molecule has 1 aliphatic carbocycles. The molecular formula is C23H27ClN2O2. The number of halogens is 1. The van der Waals surface area contributed by atoms with Crippen LogP contribution in [0.5, 0.6) is 0 Å². The summed E-state index contributed by atoms with van der Waals surface area (Å²) >= 11 is 6.07. The van der Waals surface area contributed by atoms with Crippen LogP contribution < -0.4 is 5.32 Å².